The van der Waals surface area contributed by atoms with E-state index in [-0.39, 0.29) is 0 Å². The molecule has 2 fully saturated rings. The van der Waals surface area contributed by atoms with Gasteiger partial charge in [0.1, 0.15) is 0 Å². The summed E-state index contributed by atoms with van der Waals surface area (Å²) in [5.41, 5.74) is 5.13. The Morgan fingerprint density at radius 2 is 1.32 bits per heavy atom. The van der Waals surface area contributed by atoms with Gasteiger partial charge >= 0.3 is 0 Å². The van der Waals surface area contributed by atoms with Crippen LogP contribution in [0.15, 0.2) is 72.8 Å². The van der Waals surface area contributed by atoms with Crippen LogP contribution < -0.4 is 0 Å². The van der Waals surface area contributed by atoms with E-state index in [1.807, 2.05) is 0 Å². The Hall–Kier alpha value is -2.52. The third kappa shape index (κ3) is 6.99. The van der Waals surface area contributed by atoms with Crippen LogP contribution >= 0.6 is 0 Å². The third-order valence-corrected chi connectivity index (χ3v) is 8.22. The van der Waals surface area contributed by atoms with E-state index in [1.54, 1.807) is 0 Å². The van der Waals surface area contributed by atoms with Gasteiger partial charge in [-0.25, -0.2) is 0 Å². The van der Waals surface area contributed by atoms with E-state index < -0.39 is 0 Å². The molecule has 0 radical (unpaired) electrons. The van der Waals surface area contributed by atoms with E-state index in [0.717, 1.165) is 47.6 Å². The maximum absolute atomic E-state index is 3.37. The highest BCUT2D eigenvalue weighted by Gasteiger charge is 2.35. The number of allylic oxidation sites excluding steroid dienone is 4. The van der Waals surface area contributed by atoms with Crippen molar-refractivity contribution in [2.24, 2.45) is 17.8 Å². The lowest BCUT2D eigenvalue weighted by Gasteiger charge is -2.42. The molecule has 0 aromatic heterocycles. The molecule has 0 heterocycles. The van der Waals surface area contributed by atoms with E-state index >= 15 is 0 Å². The first kappa shape index (κ1) is 24.6. The standard InChI is InChI=1S/C34H42/c1-3-5-7-9-27-11-13-28(14-12-27)15-16-29-17-20-31(21-18-29)33-24-23-32-25-30(10-8-6-4-2)19-22-34(32)26-33/h3-6,11-14,17-18,20-21,30,32-34H,7-10,19,22-26H2,1-2H3/b5-3+,6-4+. The summed E-state index contributed by atoms with van der Waals surface area (Å²) in [7, 11) is 0. The molecule has 34 heavy (non-hydrogen) atoms. The Morgan fingerprint density at radius 1 is 0.706 bits per heavy atom. The van der Waals surface area contributed by atoms with E-state index in [2.05, 4.69) is 98.5 Å². The predicted molar refractivity (Wildman–Crippen MR) is 147 cm³/mol. The van der Waals surface area contributed by atoms with Gasteiger partial charge in [-0.1, -0.05) is 66.8 Å². The number of rotatable bonds is 7. The first-order valence-electron chi connectivity index (χ1n) is 13.7. The molecular weight excluding hydrogens is 408 g/mol. The van der Waals surface area contributed by atoms with E-state index in [4.69, 9.17) is 0 Å². The Labute approximate surface area is 208 Å². The number of hydrogen-bond donors (Lipinski definition) is 0. The maximum atomic E-state index is 3.37. The van der Waals surface area contributed by atoms with Crippen LogP contribution in [0.3, 0.4) is 0 Å². The molecule has 0 bridgehead atoms. The lowest BCUT2D eigenvalue weighted by molar-refractivity contribution is 0.115. The maximum Gasteiger partial charge on any atom is 0.0249 e. The molecule has 4 rings (SSSR count). The molecular formula is C34H42. The smallest absolute Gasteiger partial charge is 0.0249 e. The van der Waals surface area contributed by atoms with E-state index in [1.165, 1.54) is 62.5 Å². The van der Waals surface area contributed by atoms with Crippen LogP contribution in [-0.4, -0.2) is 0 Å². The molecule has 4 atom stereocenters. The van der Waals surface area contributed by atoms with Crippen molar-refractivity contribution in [3.63, 3.8) is 0 Å². The molecule has 0 saturated heterocycles. The first-order chi connectivity index (χ1) is 16.7. The summed E-state index contributed by atoms with van der Waals surface area (Å²) < 4.78 is 0. The number of hydrogen-bond acceptors (Lipinski definition) is 0. The van der Waals surface area contributed by atoms with Gasteiger partial charge in [0.25, 0.3) is 0 Å². The molecule has 4 unspecified atom stereocenters. The van der Waals surface area contributed by atoms with Gasteiger partial charge in [-0.3, -0.25) is 0 Å². The number of aryl methyl sites for hydroxylation is 1. The summed E-state index contributed by atoms with van der Waals surface area (Å²) in [4.78, 5) is 0. The van der Waals surface area contributed by atoms with Crippen molar-refractivity contribution < 1.29 is 0 Å². The highest BCUT2D eigenvalue weighted by molar-refractivity contribution is 5.44. The van der Waals surface area contributed by atoms with Gasteiger partial charge in [0.05, 0.1) is 0 Å². The summed E-state index contributed by atoms with van der Waals surface area (Å²) >= 11 is 0. The molecule has 0 aliphatic heterocycles. The van der Waals surface area contributed by atoms with Gasteiger partial charge in [0.2, 0.25) is 0 Å². The summed E-state index contributed by atoms with van der Waals surface area (Å²) in [6.45, 7) is 4.22. The quantitative estimate of drug-likeness (QED) is 0.291. The fourth-order valence-corrected chi connectivity index (χ4v) is 6.20. The number of benzene rings is 2. The van der Waals surface area contributed by atoms with Crippen molar-refractivity contribution in [1.29, 1.82) is 0 Å². The van der Waals surface area contributed by atoms with E-state index in [0.29, 0.717) is 0 Å². The summed E-state index contributed by atoms with van der Waals surface area (Å²) in [6, 6.07) is 17.9. The average Bonchev–Trinajstić information content (AvgIpc) is 2.88. The summed E-state index contributed by atoms with van der Waals surface area (Å²) in [5.74, 6) is 10.4. The molecule has 0 amide bonds. The van der Waals surface area contributed by atoms with Crippen LogP contribution in [0.4, 0.5) is 0 Å². The van der Waals surface area contributed by atoms with Crippen molar-refractivity contribution in [2.75, 3.05) is 0 Å². The van der Waals surface area contributed by atoms with Crippen molar-refractivity contribution in [2.45, 2.75) is 84.0 Å². The topological polar surface area (TPSA) is 0 Å². The lowest BCUT2D eigenvalue weighted by Crippen LogP contribution is -2.30. The second-order valence-corrected chi connectivity index (χ2v) is 10.5. The van der Waals surface area contributed by atoms with Crippen LogP contribution in [0.2, 0.25) is 0 Å². The van der Waals surface area contributed by atoms with Crippen molar-refractivity contribution in [3.8, 4) is 11.8 Å². The zero-order valence-electron chi connectivity index (χ0n) is 21.3. The summed E-state index contributed by atoms with van der Waals surface area (Å²) in [6.07, 6.45) is 22.4. The first-order valence-corrected chi connectivity index (χ1v) is 13.7. The van der Waals surface area contributed by atoms with Gasteiger partial charge in [0, 0.05) is 11.1 Å². The minimum absolute atomic E-state index is 0.748. The molecule has 2 aliphatic rings. The lowest BCUT2D eigenvalue weighted by atomic mass is 9.63. The van der Waals surface area contributed by atoms with Gasteiger partial charge in [-0.2, -0.15) is 0 Å². The zero-order chi connectivity index (χ0) is 23.6. The third-order valence-electron chi connectivity index (χ3n) is 8.22. The van der Waals surface area contributed by atoms with E-state index in [9.17, 15) is 0 Å². The highest BCUT2D eigenvalue weighted by Crippen LogP contribution is 2.48. The Balaban J connectivity index is 1.28. The molecule has 178 valence electrons. The van der Waals surface area contributed by atoms with Crippen molar-refractivity contribution >= 4 is 0 Å². The summed E-state index contributed by atoms with van der Waals surface area (Å²) in [5, 5.41) is 0. The molecule has 2 aromatic rings. The largest absolute Gasteiger partial charge is 0.0917 e. The second kappa shape index (κ2) is 12.8. The molecule has 0 N–H and O–H groups in total. The van der Waals surface area contributed by atoms with Crippen LogP contribution in [0, 0.1) is 29.6 Å². The highest BCUT2D eigenvalue weighted by atomic mass is 14.4. The van der Waals surface area contributed by atoms with Crippen LogP contribution in [-0.2, 0) is 6.42 Å². The average molecular weight is 451 g/mol. The van der Waals surface area contributed by atoms with Crippen molar-refractivity contribution in [3.05, 3.63) is 95.1 Å². The molecule has 2 aliphatic carbocycles. The van der Waals surface area contributed by atoms with Gasteiger partial charge in [0.15, 0.2) is 0 Å². The molecule has 0 nitrogen and oxygen atoms in total. The van der Waals surface area contributed by atoms with Crippen molar-refractivity contribution in [1.82, 2.24) is 0 Å². The minimum atomic E-state index is 0.748. The SMILES string of the molecule is C/C=C/CCc1ccc(C#Cc2ccc(C3CCC4CC(CC/C=C/C)CCC4C3)cc2)cc1. The Bertz CT molecular complexity index is 993. The predicted octanol–water partition coefficient (Wildman–Crippen LogP) is 9.25. The van der Waals surface area contributed by atoms with Gasteiger partial charge in [-0.15, -0.1) is 0 Å². The molecule has 0 heteroatoms. The Kier molecular flexibility index (Phi) is 9.27. The van der Waals surface area contributed by atoms with Crippen LogP contribution in [0.25, 0.3) is 0 Å². The zero-order valence-corrected chi connectivity index (χ0v) is 21.3. The fraction of sp³-hybridized carbons (Fsp3) is 0.471. The molecule has 0 spiro atoms. The van der Waals surface area contributed by atoms with Gasteiger partial charge in [-0.05, 0) is 131 Å². The van der Waals surface area contributed by atoms with Gasteiger partial charge < -0.3 is 0 Å². The molecule has 2 saturated carbocycles. The monoisotopic (exact) mass is 450 g/mol. The van der Waals surface area contributed by atoms with Crippen LogP contribution in [0.5, 0.6) is 0 Å². The normalized spacial score (nSPS) is 24.6. The number of fused-ring (bicyclic) bond motifs is 1. The van der Waals surface area contributed by atoms with Crippen LogP contribution in [0.1, 0.15) is 99.8 Å². The minimum Gasteiger partial charge on any atom is -0.0917 e. The fourth-order valence-electron chi connectivity index (χ4n) is 6.20. The molecule has 2 aromatic carbocycles. The second-order valence-electron chi connectivity index (χ2n) is 10.5. The Morgan fingerprint density at radius 3 is 2.03 bits per heavy atom.